The maximum atomic E-state index is 12.5. The molecule has 0 aliphatic heterocycles. The Morgan fingerprint density at radius 3 is 2.38 bits per heavy atom. The summed E-state index contributed by atoms with van der Waals surface area (Å²) in [4.78, 5) is 4.92. The first kappa shape index (κ1) is 20.5. The van der Waals surface area contributed by atoms with Crippen molar-refractivity contribution < 1.29 is 8.42 Å². The van der Waals surface area contributed by atoms with Gasteiger partial charge in [-0.05, 0) is 51.3 Å². The summed E-state index contributed by atoms with van der Waals surface area (Å²) in [6.07, 6.45) is 6.38. The number of nitrogens with one attached hydrogen (secondary N) is 2. The van der Waals surface area contributed by atoms with Gasteiger partial charge in [0.25, 0.3) is 0 Å². The zero-order chi connectivity index (χ0) is 19.2. The minimum absolute atomic E-state index is 0.0805. The van der Waals surface area contributed by atoms with Crippen LogP contribution in [0.2, 0.25) is 0 Å². The molecule has 0 bridgehead atoms. The Hall–Kier alpha value is -1.86. The highest BCUT2D eigenvalue weighted by Crippen LogP contribution is 2.17. The summed E-state index contributed by atoms with van der Waals surface area (Å²) in [5.74, 6) is 0.789. The molecule has 144 valence electrons. The second-order valence-corrected chi connectivity index (χ2v) is 8.74. The van der Waals surface area contributed by atoms with Crippen molar-refractivity contribution in [2.45, 2.75) is 57.1 Å². The first-order chi connectivity index (χ1) is 12.3. The molecule has 1 aliphatic carbocycles. The van der Waals surface area contributed by atoms with E-state index in [-0.39, 0.29) is 6.04 Å². The lowest BCUT2D eigenvalue weighted by atomic mass is 10.2. The molecule has 0 aromatic heterocycles. The summed E-state index contributed by atoms with van der Waals surface area (Å²) in [5, 5.41) is 6.68. The monoisotopic (exact) mass is 378 g/mol. The minimum Gasteiger partial charge on any atom is -0.357 e. The Morgan fingerprint density at radius 1 is 1.23 bits per heavy atom. The van der Waals surface area contributed by atoms with Crippen LogP contribution in [-0.2, 0) is 16.6 Å². The van der Waals surface area contributed by atoms with Crippen LogP contribution in [0.4, 0.5) is 0 Å². The fraction of sp³-hybridized carbons (Fsp3) is 0.526. The van der Waals surface area contributed by atoms with E-state index in [0.717, 1.165) is 30.9 Å². The summed E-state index contributed by atoms with van der Waals surface area (Å²) < 4.78 is 26.4. The van der Waals surface area contributed by atoms with Crippen molar-refractivity contribution in [2.24, 2.45) is 4.99 Å². The maximum absolute atomic E-state index is 12.5. The van der Waals surface area contributed by atoms with E-state index in [0.29, 0.717) is 17.5 Å². The third kappa shape index (κ3) is 5.32. The van der Waals surface area contributed by atoms with Gasteiger partial charge < -0.3 is 10.6 Å². The lowest BCUT2D eigenvalue weighted by Gasteiger charge is -2.21. The van der Waals surface area contributed by atoms with E-state index >= 15 is 0 Å². The van der Waals surface area contributed by atoms with Crippen LogP contribution in [0.3, 0.4) is 0 Å². The maximum Gasteiger partial charge on any atom is 0.243 e. The first-order valence-electron chi connectivity index (χ1n) is 9.11. The summed E-state index contributed by atoms with van der Waals surface area (Å²) in [6, 6.07) is 7.27. The van der Waals surface area contributed by atoms with Crippen LogP contribution in [0.1, 0.15) is 39.2 Å². The van der Waals surface area contributed by atoms with Crippen LogP contribution < -0.4 is 10.6 Å². The molecule has 1 aromatic rings. The van der Waals surface area contributed by atoms with E-state index in [2.05, 4.69) is 27.8 Å². The highest BCUT2D eigenvalue weighted by atomic mass is 32.2. The number of rotatable bonds is 7. The van der Waals surface area contributed by atoms with Gasteiger partial charge in [0.2, 0.25) is 10.0 Å². The second kappa shape index (κ2) is 9.19. The highest BCUT2D eigenvalue weighted by molar-refractivity contribution is 7.89. The predicted molar refractivity (Wildman–Crippen MR) is 107 cm³/mol. The van der Waals surface area contributed by atoms with E-state index < -0.39 is 10.0 Å². The molecule has 0 saturated heterocycles. The molecule has 1 aliphatic rings. The standard InChI is InChI=1S/C19H30N4O2S/c1-5-20-19(22-17-8-6-7-9-17)21-14-16-10-12-18(13-11-16)26(24,25)23(4)15(2)3/h6-7,10-13,15,17H,5,8-9,14H2,1-4H3,(H2,20,21,22). The van der Waals surface area contributed by atoms with Gasteiger partial charge in [-0.2, -0.15) is 4.31 Å². The van der Waals surface area contributed by atoms with Crippen molar-refractivity contribution in [3.8, 4) is 0 Å². The average Bonchev–Trinajstić information content (AvgIpc) is 3.12. The lowest BCUT2D eigenvalue weighted by molar-refractivity contribution is 0.410. The van der Waals surface area contributed by atoms with Crippen LogP contribution >= 0.6 is 0 Å². The SMILES string of the molecule is CCNC(=NCc1ccc(S(=O)(=O)N(C)C(C)C)cc1)NC1CC=CC1. The lowest BCUT2D eigenvalue weighted by Crippen LogP contribution is -2.42. The molecule has 0 atom stereocenters. The van der Waals surface area contributed by atoms with E-state index in [4.69, 9.17) is 0 Å². The summed E-state index contributed by atoms with van der Waals surface area (Å²) in [6.45, 7) is 7.04. The van der Waals surface area contributed by atoms with Gasteiger partial charge in [0.05, 0.1) is 11.4 Å². The van der Waals surface area contributed by atoms with Gasteiger partial charge in [0, 0.05) is 25.7 Å². The Kier molecular flexibility index (Phi) is 7.23. The molecule has 0 spiro atoms. The normalized spacial score (nSPS) is 15.8. The number of guanidine groups is 1. The topological polar surface area (TPSA) is 73.8 Å². The van der Waals surface area contributed by atoms with E-state index in [1.807, 2.05) is 32.9 Å². The Balaban J connectivity index is 2.05. The van der Waals surface area contributed by atoms with Gasteiger partial charge >= 0.3 is 0 Å². The number of aliphatic imine (C=N–C) groups is 1. The molecule has 0 fully saturated rings. The molecular weight excluding hydrogens is 348 g/mol. The highest BCUT2D eigenvalue weighted by Gasteiger charge is 2.22. The fourth-order valence-electron chi connectivity index (χ4n) is 2.63. The van der Waals surface area contributed by atoms with E-state index in [1.165, 1.54) is 4.31 Å². The molecule has 6 nitrogen and oxygen atoms in total. The van der Waals surface area contributed by atoms with Crippen molar-refractivity contribution in [2.75, 3.05) is 13.6 Å². The van der Waals surface area contributed by atoms with Gasteiger partial charge in [-0.25, -0.2) is 13.4 Å². The number of sulfonamides is 1. The van der Waals surface area contributed by atoms with Crippen LogP contribution in [0.25, 0.3) is 0 Å². The van der Waals surface area contributed by atoms with Gasteiger partial charge in [-0.15, -0.1) is 0 Å². The van der Waals surface area contributed by atoms with Crippen LogP contribution in [0, 0.1) is 0 Å². The summed E-state index contributed by atoms with van der Waals surface area (Å²) in [5.41, 5.74) is 0.970. The molecule has 0 radical (unpaired) electrons. The van der Waals surface area contributed by atoms with Gasteiger partial charge in [0.15, 0.2) is 5.96 Å². The number of hydrogen-bond acceptors (Lipinski definition) is 3. The van der Waals surface area contributed by atoms with Crippen LogP contribution in [0.15, 0.2) is 46.3 Å². The molecule has 0 unspecified atom stereocenters. The molecule has 0 heterocycles. The minimum atomic E-state index is -3.44. The zero-order valence-corrected chi connectivity index (χ0v) is 16.9. The van der Waals surface area contributed by atoms with Crippen molar-refractivity contribution in [1.29, 1.82) is 0 Å². The Labute approximate surface area is 157 Å². The van der Waals surface area contributed by atoms with E-state index in [9.17, 15) is 8.42 Å². The molecule has 7 heteroatoms. The Bertz CT molecular complexity index is 731. The molecule has 2 rings (SSSR count). The van der Waals surface area contributed by atoms with Crippen molar-refractivity contribution >= 4 is 16.0 Å². The van der Waals surface area contributed by atoms with Crippen molar-refractivity contribution in [1.82, 2.24) is 14.9 Å². The smallest absolute Gasteiger partial charge is 0.243 e. The molecule has 0 amide bonds. The molecule has 26 heavy (non-hydrogen) atoms. The number of benzene rings is 1. The van der Waals surface area contributed by atoms with Crippen molar-refractivity contribution in [3.05, 3.63) is 42.0 Å². The van der Waals surface area contributed by atoms with Gasteiger partial charge in [-0.3, -0.25) is 0 Å². The van der Waals surface area contributed by atoms with E-state index in [1.54, 1.807) is 19.2 Å². The second-order valence-electron chi connectivity index (χ2n) is 6.74. The zero-order valence-electron chi connectivity index (χ0n) is 16.1. The third-order valence-corrected chi connectivity index (χ3v) is 6.49. The number of nitrogens with zero attached hydrogens (tertiary/aromatic N) is 2. The molecule has 0 saturated carbocycles. The van der Waals surface area contributed by atoms with Crippen LogP contribution in [-0.4, -0.2) is 44.4 Å². The van der Waals surface area contributed by atoms with Gasteiger partial charge in [0.1, 0.15) is 0 Å². The quantitative estimate of drug-likeness (QED) is 0.434. The summed E-state index contributed by atoms with van der Waals surface area (Å²) in [7, 11) is -1.84. The Morgan fingerprint density at radius 2 is 1.85 bits per heavy atom. The molecule has 1 aromatic carbocycles. The predicted octanol–water partition coefficient (Wildman–Crippen LogP) is 2.49. The number of hydrogen-bond donors (Lipinski definition) is 2. The largest absolute Gasteiger partial charge is 0.357 e. The third-order valence-electron chi connectivity index (χ3n) is 4.44. The van der Waals surface area contributed by atoms with Crippen LogP contribution in [0.5, 0.6) is 0 Å². The summed E-state index contributed by atoms with van der Waals surface area (Å²) >= 11 is 0. The average molecular weight is 379 g/mol. The fourth-order valence-corrected chi connectivity index (χ4v) is 4.00. The molecular formula is C19H30N4O2S. The molecule has 2 N–H and O–H groups in total. The van der Waals surface area contributed by atoms with Crippen molar-refractivity contribution in [3.63, 3.8) is 0 Å². The van der Waals surface area contributed by atoms with Gasteiger partial charge in [-0.1, -0.05) is 24.3 Å². The first-order valence-corrected chi connectivity index (χ1v) is 10.6.